The molecule has 18 heavy (non-hydrogen) atoms. The van der Waals surface area contributed by atoms with Crippen LogP contribution in [0.1, 0.15) is 23.8 Å². The van der Waals surface area contributed by atoms with Crippen molar-refractivity contribution >= 4 is 22.7 Å². The van der Waals surface area contributed by atoms with E-state index >= 15 is 0 Å². The van der Waals surface area contributed by atoms with Gasteiger partial charge in [-0.15, -0.1) is 11.3 Å². The lowest BCUT2D eigenvalue weighted by atomic mass is 9.97. The van der Waals surface area contributed by atoms with E-state index in [1.54, 1.807) is 17.5 Å². The average Bonchev–Trinajstić information content (AvgIpc) is 2.93. The van der Waals surface area contributed by atoms with Crippen LogP contribution < -0.4 is 10.6 Å². The molecule has 1 fully saturated rings. The Morgan fingerprint density at radius 1 is 1.28 bits per heavy atom. The zero-order valence-electron chi connectivity index (χ0n) is 10.1. The van der Waals surface area contributed by atoms with Gasteiger partial charge in [-0.2, -0.15) is 0 Å². The van der Waals surface area contributed by atoms with Crippen molar-refractivity contribution in [3.05, 3.63) is 35.0 Å². The van der Waals surface area contributed by atoms with Gasteiger partial charge in [0.25, 0.3) is 0 Å². The lowest BCUT2D eigenvalue weighted by Gasteiger charge is -2.32. The van der Waals surface area contributed by atoms with Gasteiger partial charge in [0, 0.05) is 36.8 Å². The molecule has 0 bridgehead atoms. The second-order valence-electron chi connectivity index (χ2n) is 4.61. The molecule has 3 rings (SSSR count). The molecule has 0 aromatic carbocycles. The van der Waals surface area contributed by atoms with Gasteiger partial charge in [-0.25, -0.2) is 4.98 Å². The number of anilines is 2. The fourth-order valence-corrected chi connectivity index (χ4v) is 3.25. The summed E-state index contributed by atoms with van der Waals surface area (Å²) in [5.74, 6) is 0.621. The summed E-state index contributed by atoms with van der Waals surface area (Å²) >= 11 is 1.77. The van der Waals surface area contributed by atoms with Crippen molar-refractivity contribution in [2.45, 2.75) is 18.8 Å². The molecule has 2 aromatic rings. The normalized spacial score (nSPS) is 17.0. The highest BCUT2D eigenvalue weighted by Gasteiger charge is 2.22. The number of hydrogen-bond acceptors (Lipinski definition) is 5. The predicted molar refractivity (Wildman–Crippen MR) is 75.0 cm³/mol. The minimum absolute atomic E-state index is 0.621. The van der Waals surface area contributed by atoms with E-state index in [0.29, 0.717) is 5.92 Å². The summed E-state index contributed by atoms with van der Waals surface area (Å²) in [5.41, 5.74) is 7.64. The van der Waals surface area contributed by atoms with Crippen LogP contribution in [0.5, 0.6) is 0 Å². The molecule has 94 valence electrons. The van der Waals surface area contributed by atoms with E-state index in [1.807, 2.05) is 18.5 Å². The van der Waals surface area contributed by atoms with Gasteiger partial charge < -0.3 is 10.6 Å². The summed E-state index contributed by atoms with van der Waals surface area (Å²) in [6.45, 7) is 2.10. The van der Waals surface area contributed by atoms with Crippen LogP contribution in [0, 0.1) is 0 Å². The first-order valence-corrected chi connectivity index (χ1v) is 7.06. The molecule has 3 heterocycles. The van der Waals surface area contributed by atoms with E-state index in [4.69, 9.17) is 5.73 Å². The van der Waals surface area contributed by atoms with Crippen molar-refractivity contribution in [2.75, 3.05) is 23.7 Å². The van der Waals surface area contributed by atoms with Crippen molar-refractivity contribution in [1.29, 1.82) is 0 Å². The summed E-state index contributed by atoms with van der Waals surface area (Å²) < 4.78 is 0. The highest BCUT2D eigenvalue weighted by atomic mass is 32.1. The van der Waals surface area contributed by atoms with Crippen LogP contribution in [0.15, 0.2) is 30.0 Å². The van der Waals surface area contributed by atoms with Crippen LogP contribution >= 0.6 is 11.3 Å². The molecule has 0 amide bonds. The van der Waals surface area contributed by atoms with E-state index in [2.05, 4.69) is 20.2 Å². The summed E-state index contributed by atoms with van der Waals surface area (Å²) in [4.78, 5) is 10.9. The second kappa shape index (κ2) is 4.94. The maximum Gasteiger partial charge on any atom is 0.0957 e. The molecule has 4 nitrogen and oxygen atoms in total. The summed E-state index contributed by atoms with van der Waals surface area (Å²) in [5, 5.41) is 3.34. The zero-order valence-corrected chi connectivity index (χ0v) is 10.9. The third-order valence-corrected chi connectivity index (χ3v) is 4.34. The molecule has 0 radical (unpaired) electrons. The number of nitrogens with zero attached hydrogens (tertiary/aromatic N) is 3. The first-order chi connectivity index (χ1) is 8.83. The fourth-order valence-electron chi connectivity index (χ4n) is 2.44. The van der Waals surface area contributed by atoms with Crippen LogP contribution in [-0.4, -0.2) is 23.1 Å². The average molecular weight is 260 g/mol. The van der Waals surface area contributed by atoms with Crippen LogP contribution in [-0.2, 0) is 0 Å². The smallest absolute Gasteiger partial charge is 0.0957 e. The van der Waals surface area contributed by atoms with Crippen molar-refractivity contribution in [3.8, 4) is 0 Å². The molecule has 0 unspecified atom stereocenters. The molecule has 1 aliphatic heterocycles. The molecular formula is C13H16N4S. The van der Waals surface area contributed by atoms with Gasteiger partial charge in [-0.05, 0) is 18.9 Å². The van der Waals surface area contributed by atoms with Gasteiger partial charge in [0.2, 0.25) is 0 Å². The third kappa shape index (κ3) is 2.31. The zero-order chi connectivity index (χ0) is 12.4. The van der Waals surface area contributed by atoms with Gasteiger partial charge in [-0.3, -0.25) is 4.98 Å². The van der Waals surface area contributed by atoms with Gasteiger partial charge in [0.1, 0.15) is 0 Å². The van der Waals surface area contributed by atoms with E-state index in [0.717, 1.165) is 37.3 Å². The molecule has 1 saturated heterocycles. The second-order valence-corrected chi connectivity index (χ2v) is 5.53. The summed E-state index contributed by atoms with van der Waals surface area (Å²) in [7, 11) is 0. The Hall–Kier alpha value is -1.62. The molecule has 5 heteroatoms. The third-order valence-electron chi connectivity index (χ3n) is 3.41. The summed E-state index contributed by atoms with van der Waals surface area (Å²) in [6.07, 6.45) is 7.78. The largest absolute Gasteiger partial charge is 0.397 e. The van der Waals surface area contributed by atoms with Crippen molar-refractivity contribution < 1.29 is 0 Å². The number of thiazole rings is 1. The van der Waals surface area contributed by atoms with E-state index < -0.39 is 0 Å². The lowest BCUT2D eigenvalue weighted by molar-refractivity contribution is 0.503. The Bertz CT molecular complexity index is 503. The Morgan fingerprint density at radius 3 is 2.78 bits per heavy atom. The lowest BCUT2D eigenvalue weighted by Crippen LogP contribution is -2.32. The van der Waals surface area contributed by atoms with Crippen molar-refractivity contribution in [1.82, 2.24) is 9.97 Å². The molecular weight excluding hydrogens is 244 g/mol. The molecule has 0 aliphatic carbocycles. The monoisotopic (exact) mass is 260 g/mol. The predicted octanol–water partition coefficient (Wildman–Crippen LogP) is 2.50. The molecule has 0 saturated carbocycles. The van der Waals surface area contributed by atoms with Crippen LogP contribution in [0.4, 0.5) is 11.4 Å². The SMILES string of the molecule is Nc1cncc(N2CCC(c3nccs3)CC2)c1. The van der Waals surface area contributed by atoms with Gasteiger partial charge >= 0.3 is 0 Å². The van der Waals surface area contributed by atoms with Crippen LogP contribution in [0.3, 0.4) is 0 Å². The molecule has 2 N–H and O–H groups in total. The maximum atomic E-state index is 5.77. The first-order valence-electron chi connectivity index (χ1n) is 6.18. The van der Waals surface area contributed by atoms with Gasteiger partial charge in [-0.1, -0.05) is 0 Å². The topological polar surface area (TPSA) is 55.0 Å². The highest BCUT2D eigenvalue weighted by molar-refractivity contribution is 7.09. The highest BCUT2D eigenvalue weighted by Crippen LogP contribution is 2.31. The number of nitrogen functional groups attached to an aromatic ring is 1. The number of pyridine rings is 1. The maximum absolute atomic E-state index is 5.77. The van der Waals surface area contributed by atoms with E-state index in [1.165, 1.54) is 5.01 Å². The standard InChI is InChI=1S/C13H16N4S/c14-11-7-12(9-15-8-11)17-4-1-10(2-5-17)13-16-3-6-18-13/h3,6-10H,1-2,4-5,14H2. The Balaban J connectivity index is 1.67. The number of rotatable bonds is 2. The minimum Gasteiger partial charge on any atom is -0.397 e. The number of piperidine rings is 1. The number of hydrogen-bond donors (Lipinski definition) is 1. The molecule has 2 aromatic heterocycles. The minimum atomic E-state index is 0.621. The van der Waals surface area contributed by atoms with Gasteiger partial charge in [0.15, 0.2) is 0 Å². The van der Waals surface area contributed by atoms with Crippen molar-refractivity contribution in [3.63, 3.8) is 0 Å². The number of nitrogens with two attached hydrogens (primary N) is 1. The van der Waals surface area contributed by atoms with Gasteiger partial charge in [0.05, 0.1) is 22.6 Å². The van der Waals surface area contributed by atoms with E-state index in [-0.39, 0.29) is 0 Å². The molecule has 0 spiro atoms. The van der Waals surface area contributed by atoms with Crippen molar-refractivity contribution in [2.24, 2.45) is 0 Å². The quantitative estimate of drug-likeness (QED) is 0.901. The van der Waals surface area contributed by atoms with Crippen LogP contribution in [0.2, 0.25) is 0 Å². The molecule has 1 aliphatic rings. The Kier molecular flexibility index (Phi) is 3.15. The Labute approximate surface area is 110 Å². The number of aromatic nitrogens is 2. The fraction of sp³-hybridized carbons (Fsp3) is 0.385. The molecule has 0 atom stereocenters. The first kappa shape index (κ1) is 11.5. The Morgan fingerprint density at radius 2 is 2.11 bits per heavy atom. The van der Waals surface area contributed by atoms with E-state index in [9.17, 15) is 0 Å². The van der Waals surface area contributed by atoms with Crippen LogP contribution in [0.25, 0.3) is 0 Å². The summed E-state index contributed by atoms with van der Waals surface area (Å²) in [6, 6.07) is 2.00.